The van der Waals surface area contributed by atoms with E-state index in [2.05, 4.69) is 22.5 Å². The van der Waals surface area contributed by atoms with Crippen LogP contribution in [0, 0.1) is 25.6 Å². The number of hydrogen-bond donors (Lipinski definition) is 2. The van der Waals surface area contributed by atoms with Crippen LogP contribution in [0.15, 0.2) is 48.7 Å². The highest BCUT2D eigenvalue weighted by Gasteiger charge is 2.17. The molecule has 0 aliphatic heterocycles. The molecule has 3 N–H and O–H groups in total. The maximum atomic E-state index is 12.7. The topological polar surface area (TPSA) is 123 Å². The van der Waals surface area contributed by atoms with Gasteiger partial charge in [0.1, 0.15) is 24.0 Å². The van der Waals surface area contributed by atoms with E-state index in [0.717, 1.165) is 46.9 Å². The molecule has 3 aromatic rings. The van der Waals surface area contributed by atoms with Crippen LogP contribution in [-0.4, -0.2) is 52.8 Å². The quantitative estimate of drug-likeness (QED) is 0.191. The highest BCUT2D eigenvalue weighted by molar-refractivity contribution is 5.81. The summed E-state index contributed by atoms with van der Waals surface area (Å²) in [5.74, 6) is 0.454. The first kappa shape index (κ1) is 42.3. The second kappa shape index (κ2) is 24.6. The lowest BCUT2D eigenvalue weighted by Crippen LogP contribution is -2.35. The number of para-hydroxylation sites is 1. The number of primary amides is 1. The van der Waals surface area contributed by atoms with Crippen molar-refractivity contribution >= 4 is 28.9 Å². The summed E-state index contributed by atoms with van der Waals surface area (Å²) in [4.78, 5) is 36.1. The van der Waals surface area contributed by atoms with Crippen LogP contribution in [-0.2, 0) is 25.7 Å². The Hall–Kier alpha value is -3.85. The molecule has 246 valence electrons. The van der Waals surface area contributed by atoms with E-state index in [4.69, 9.17) is 9.53 Å². The molecule has 0 saturated carbocycles. The number of esters is 1. The van der Waals surface area contributed by atoms with Gasteiger partial charge in [0.15, 0.2) is 0 Å². The minimum atomic E-state index is -0.252. The van der Waals surface area contributed by atoms with Gasteiger partial charge in [0.25, 0.3) is 0 Å². The lowest BCUT2D eigenvalue weighted by molar-refractivity contribution is -0.142. The minimum absolute atomic E-state index is 0.170. The zero-order chi connectivity index (χ0) is 34.2. The van der Waals surface area contributed by atoms with E-state index in [-0.39, 0.29) is 30.2 Å². The number of carbonyl (C=O) groups is 3. The molecule has 8 nitrogen and oxygen atoms in total. The van der Waals surface area contributed by atoms with E-state index in [0.29, 0.717) is 24.7 Å². The van der Waals surface area contributed by atoms with Crippen LogP contribution in [0.25, 0.3) is 10.8 Å². The van der Waals surface area contributed by atoms with Crippen LogP contribution in [0.5, 0.6) is 5.75 Å². The van der Waals surface area contributed by atoms with Crippen molar-refractivity contribution < 1.29 is 28.6 Å². The van der Waals surface area contributed by atoms with Crippen molar-refractivity contribution in [3.8, 4) is 5.75 Å². The standard InChI is InChI=1S/C16H25NO3.C10H8FN.C6H12O.C2H6.CH3NO/c1-5-7-15(11-20-13(3)18)17(4)10-14-9-6-8-12(2)16(14)19;1-7-4-9-5-10(11)3-2-8(9)6-12-7;1-4-5(2)6(3)7;1-2;2-1-3/h6,8-9,15,19H,5,7,10-11H2,1-4H3;2-6H,1H3;5H,4H2,1-3H3;1-2H3;1H,(H2,2,3). The number of ketones is 1. The predicted molar refractivity (Wildman–Crippen MR) is 178 cm³/mol. The molecule has 0 bridgehead atoms. The van der Waals surface area contributed by atoms with Crippen molar-refractivity contribution in [2.24, 2.45) is 11.7 Å². The van der Waals surface area contributed by atoms with E-state index in [1.165, 1.54) is 19.1 Å². The third kappa shape index (κ3) is 18.0. The normalized spacial score (nSPS) is 11.1. The molecular weight excluding hydrogens is 561 g/mol. The van der Waals surface area contributed by atoms with E-state index >= 15 is 0 Å². The second-order valence-electron chi connectivity index (χ2n) is 10.1. The molecule has 1 aromatic heterocycles. The average molecular weight is 616 g/mol. The Bertz CT molecular complexity index is 1220. The smallest absolute Gasteiger partial charge is 0.302 e. The fraction of sp³-hybridized carbons (Fsp3) is 0.486. The summed E-state index contributed by atoms with van der Waals surface area (Å²) in [7, 11) is 1.99. The molecule has 3 rings (SSSR count). The summed E-state index contributed by atoms with van der Waals surface area (Å²) in [5, 5.41) is 11.9. The second-order valence-corrected chi connectivity index (χ2v) is 10.1. The molecule has 0 fully saturated rings. The number of fused-ring (bicyclic) bond motifs is 1. The molecule has 2 aromatic carbocycles. The number of hydrogen-bond acceptors (Lipinski definition) is 7. The largest absolute Gasteiger partial charge is 0.507 e. The SMILES string of the molecule is CC.CCC(C)C(C)=O.CCCC(COC(C)=O)N(C)Cc1cccc(C)c1O.Cc1cc2cc(F)ccc2cn1.NC=O. The van der Waals surface area contributed by atoms with E-state index in [9.17, 15) is 19.1 Å². The predicted octanol–water partition coefficient (Wildman–Crippen LogP) is 7.30. The van der Waals surface area contributed by atoms with Gasteiger partial charge in [-0.05, 0) is 75.9 Å². The molecule has 2 atom stereocenters. The zero-order valence-corrected chi connectivity index (χ0v) is 28.3. The number of nitrogens with two attached hydrogens (primary N) is 1. The van der Waals surface area contributed by atoms with Crippen molar-refractivity contribution in [1.29, 1.82) is 0 Å². The summed E-state index contributed by atoms with van der Waals surface area (Å²) in [6.07, 6.45) is 4.95. The Morgan fingerprint density at radius 3 is 2.20 bits per heavy atom. The number of phenols is 1. The summed E-state index contributed by atoms with van der Waals surface area (Å²) < 4.78 is 17.9. The number of aromatic hydroxyl groups is 1. The number of phenolic OH excluding ortho intramolecular Hbond substituents is 1. The van der Waals surface area contributed by atoms with Crippen LogP contribution in [0.3, 0.4) is 0 Å². The van der Waals surface area contributed by atoms with Crippen molar-refractivity contribution in [1.82, 2.24) is 9.88 Å². The van der Waals surface area contributed by atoms with E-state index in [1.54, 1.807) is 19.2 Å². The molecule has 2 unspecified atom stereocenters. The molecular formula is C35H54FN3O5. The monoisotopic (exact) mass is 615 g/mol. The number of carbonyl (C=O) groups excluding carboxylic acids is 3. The third-order valence-electron chi connectivity index (χ3n) is 6.59. The molecule has 0 saturated heterocycles. The highest BCUT2D eigenvalue weighted by atomic mass is 19.1. The van der Waals surface area contributed by atoms with Crippen molar-refractivity contribution in [3.05, 3.63) is 71.3 Å². The highest BCUT2D eigenvalue weighted by Crippen LogP contribution is 2.23. The van der Waals surface area contributed by atoms with Crippen molar-refractivity contribution in [2.75, 3.05) is 13.7 Å². The maximum Gasteiger partial charge on any atom is 0.302 e. The molecule has 1 heterocycles. The molecule has 9 heteroatoms. The van der Waals surface area contributed by atoms with Crippen LogP contribution in [0.4, 0.5) is 4.39 Å². The van der Waals surface area contributed by atoms with Crippen LogP contribution >= 0.6 is 0 Å². The third-order valence-corrected chi connectivity index (χ3v) is 6.59. The average Bonchev–Trinajstić information content (AvgIpc) is 2.98. The van der Waals surface area contributed by atoms with Crippen molar-refractivity contribution in [3.63, 3.8) is 0 Å². The summed E-state index contributed by atoms with van der Waals surface area (Å²) >= 11 is 0. The molecule has 0 aliphatic rings. The van der Waals surface area contributed by atoms with Gasteiger partial charge in [-0.15, -0.1) is 0 Å². The van der Waals surface area contributed by atoms with Gasteiger partial charge in [-0.1, -0.05) is 59.2 Å². The fourth-order valence-corrected chi connectivity index (χ4v) is 3.73. The lowest BCUT2D eigenvalue weighted by atomic mass is 10.1. The maximum absolute atomic E-state index is 12.7. The molecule has 44 heavy (non-hydrogen) atoms. The van der Waals surface area contributed by atoms with Gasteiger partial charge in [-0.25, -0.2) is 4.39 Å². The van der Waals surface area contributed by atoms with Crippen LogP contribution < -0.4 is 5.73 Å². The van der Waals surface area contributed by atoms with E-state index in [1.807, 2.05) is 72.9 Å². The minimum Gasteiger partial charge on any atom is -0.507 e. The van der Waals surface area contributed by atoms with Gasteiger partial charge in [0.2, 0.25) is 6.41 Å². The van der Waals surface area contributed by atoms with Crippen LogP contribution in [0.2, 0.25) is 0 Å². The number of amides is 1. The number of aromatic nitrogens is 1. The number of halogens is 1. The summed E-state index contributed by atoms with van der Waals surface area (Å²) in [6, 6.07) is 12.5. The summed E-state index contributed by atoms with van der Waals surface area (Å²) in [5.41, 5.74) is 6.85. The van der Waals surface area contributed by atoms with Gasteiger partial charge in [0, 0.05) is 48.3 Å². The van der Waals surface area contributed by atoms with Crippen molar-refractivity contribution in [2.45, 2.75) is 94.2 Å². The first-order valence-electron chi connectivity index (χ1n) is 15.1. The summed E-state index contributed by atoms with van der Waals surface area (Å²) in [6.45, 7) is 18.0. The number of Topliss-reactive ketones (excluding diaryl/α,β-unsaturated/α-hetero) is 1. The number of aryl methyl sites for hydroxylation is 2. The molecule has 1 amide bonds. The fourth-order valence-electron chi connectivity index (χ4n) is 3.73. The number of likely N-dealkylation sites (N-methyl/N-ethyl adjacent to an activating group) is 1. The molecule has 0 aliphatic carbocycles. The van der Waals surface area contributed by atoms with Gasteiger partial charge >= 0.3 is 5.97 Å². The first-order chi connectivity index (χ1) is 20.8. The van der Waals surface area contributed by atoms with Gasteiger partial charge < -0.3 is 15.6 Å². The Balaban J connectivity index is 0. The number of benzene rings is 2. The first-order valence-corrected chi connectivity index (χ1v) is 15.1. The molecule has 0 radical (unpaired) electrons. The van der Waals surface area contributed by atoms with Gasteiger partial charge in [0.05, 0.1) is 0 Å². The number of nitrogens with zero attached hydrogens (tertiary/aromatic N) is 2. The lowest BCUT2D eigenvalue weighted by Gasteiger charge is -2.27. The van der Waals surface area contributed by atoms with Gasteiger partial charge in [-0.2, -0.15) is 0 Å². The van der Waals surface area contributed by atoms with E-state index < -0.39 is 0 Å². The van der Waals surface area contributed by atoms with Crippen LogP contribution in [0.1, 0.15) is 84.5 Å². The Labute approximate surface area is 263 Å². The number of pyridine rings is 1. The Kier molecular flexibility index (Phi) is 23.6. The number of ether oxygens (including phenoxy) is 1. The zero-order valence-electron chi connectivity index (χ0n) is 28.3. The Morgan fingerprint density at radius 1 is 1.09 bits per heavy atom. The molecule has 0 spiro atoms. The number of rotatable bonds is 9. The Morgan fingerprint density at radius 2 is 1.70 bits per heavy atom. The van der Waals surface area contributed by atoms with Gasteiger partial charge in [-0.3, -0.25) is 24.3 Å².